The van der Waals surface area contributed by atoms with Gasteiger partial charge in [0, 0.05) is 0 Å². The SMILES string of the molecule is COc1nc(CCl)cc(C)c1Br. The maximum absolute atomic E-state index is 5.65. The van der Waals surface area contributed by atoms with Crippen LogP contribution in [0.15, 0.2) is 10.5 Å². The van der Waals surface area contributed by atoms with Gasteiger partial charge in [0.15, 0.2) is 0 Å². The molecule has 2 nitrogen and oxygen atoms in total. The normalized spacial score (nSPS) is 10.0. The molecule has 0 saturated heterocycles. The van der Waals surface area contributed by atoms with Gasteiger partial charge in [-0.15, -0.1) is 11.6 Å². The first-order valence-corrected chi connectivity index (χ1v) is 4.77. The molecular formula is C8H9BrClNO. The topological polar surface area (TPSA) is 22.1 Å². The van der Waals surface area contributed by atoms with Crippen molar-refractivity contribution in [2.75, 3.05) is 7.11 Å². The lowest BCUT2D eigenvalue weighted by Gasteiger charge is -2.06. The van der Waals surface area contributed by atoms with Crippen LogP contribution in [0.25, 0.3) is 0 Å². The average Bonchev–Trinajstić information content (AvgIpc) is 2.09. The summed E-state index contributed by atoms with van der Waals surface area (Å²) >= 11 is 9.02. The number of hydrogen-bond donors (Lipinski definition) is 0. The Balaban J connectivity index is 3.19. The van der Waals surface area contributed by atoms with Gasteiger partial charge < -0.3 is 4.74 Å². The second-order valence-corrected chi connectivity index (χ2v) is 3.45. The Morgan fingerprint density at radius 2 is 2.33 bits per heavy atom. The first kappa shape index (κ1) is 9.81. The van der Waals surface area contributed by atoms with E-state index in [1.165, 1.54) is 0 Å². The Hall–Kier alpha value is -0.280. The molecule has 0 N–H and O–H groups in total. The highest BCUT2D eigenvalue weighted by Crippen LogP contribution is 2.26. The van der Waals surface area contributed by atoms with Gasteiger partial charge in [0.05, 0.1) is 23.2 Å². The van der Waals surface area contributed by atoms with Crippen molar-refractivity contribution in [2.45, 2.75) is 12.8 Å². The second-order valence-electron chi connectivity index (χ2n) is 2.39. The van der Waals surface area contributed by atoms with Crippen LogP contribution in [0.1, 0.15) is 11.3 Å². The van der Waals surface area contributed by atoms with E-state index in [2.05, 4.69) is 20.9 Å². The molecule has 0 spiro atoms. The predicted molar refractivity (Wildman–Crippen MR) is 52.8 cm³/mol. The Kier molecular flexibility index (Phi) is 3.35. The van der Waals surface area contributed by atoms with Gasteiger partial charge in [-0.25, -0.2) is 4.98 Å². The molecule has 4 heteroatoms. The van der Waals surface area contributed by atoms with Crippen molar-refractivity contribution in [1.82, 2.24) is 4.98 Å². The predicted octanol–water partition coefficient (Wildman–Crippen LogP) is 2.90. The van der Waals surface area contributed by atoms with E-state index in [1.807, 2.05) is 13.0 Å². The van der Waals surface area contributed by atoms with E-state index >= 15 is 0 Å². The largest absolute Gasteiger partial charge is 0.480 e. The maximum Gasteiger partial charge on any atom is 0.228 e. The van der Waals surface area contributed by atoms with E-state index in [0.717, 1.165) is 15.7 Å². The Bertz CT molecular complexity index is 291. The molecule has 0 aliphatic rings. The van der Waals surface area contributed by atoms with Crippen LogP contribution in [0.3, 0.4) is 0 Å². The zero-order valence-corrected chi connectivity index (χ0v) is 9.24. The van der Waals surface area contributed by atoms with Crippen molar-refractivity contribution in [2.24, 2.45) is 0 Å². The number of nitrogens with zero attached hydrogens (tertiary/aromatic N) is 1. The molecule has 1 aromatic rings. The number of ether oxygens (including phenoxy) is 1. The van der Waals surface area contributed by atoms with E-state index in [-0.39, 0.29) is 0 Å². The number of aromatic nitrogens is 1. The third-order valence-corrected chi connectivity index (χ3v) is 2.73. The Morgan fingerprint density at radius 1 is 1.67 bits per heavy atom. The van der Waals surface area contributed by atoms with E-state index in [9.17, 15) is 0 Å². The summed E-state index contributed by atoms with van der Waals surface area (Å²) in [6, 6.07) is 1.93. The fourth-order valence-electron chi connectivity index (χ4n) is 0.897. The minimum Gasteiger partial charge on any atom is -0.480 e. The molecule has 0 aliphatic carbocycles. The molecule has 1 heterocycles. The summed E-state index contributed by atoms with van der Waals surface area (Å²) in [5.74, 6) is 0.996. The van der Waals surface area contributed by atoms with E-state index in [0.29, 0.717) is 11.8 Å². The number of rotatable bonds is 2. The molecule has 0 fully saturated rings. The highest BCUT2D eigenvalue weighted by molar-refractivity contribution is 9.10. The summed E-state index contributed by atoms with van der Waals surface area (Å²) in [6.45, 7) is 1.98. The minimum atomic E-state index is 0.407. The van der Waals surface area contributed by atoms with Crippen molar-refractivity contribution in [3.8, 4) is 5.88 Å². The number of alkyl halides is 1. The average molecular weight is 251 g/mol. The zero-order valence-electron chi connectivity index (χ0n) is 6.90. The maximum atomic E-state index is 5.65. The molecule has 0 aromatic carbocycles. The van der Waals surface area contributed by atoms with Crippen molar-refractivity contribution in [3.05, 3.63) is 21.8 Å². The first-order valence-electron chi connectivity index (χ1n) is 3.45. The second kappa shape index (κ2) is 4.10. The highest BCUT2D eigenvalue weighted by atomic mass is 79.9. The molecule has 0 aliphatic heterocycles. The summed E-state index contributed by atoms with van der Waals surface area (Å²) in [5, 5.41) is 0. The number of pyridine rings is 1. The molecule has 0 bridgehead atoms. The summed E-state index contributed by atoms with van der Waals surface area (Å²) < 4.78 is 5.94. The van der Waals surface area contributed by atoms with Gasteiger partial charge in [-0.1, -0.05) is 0 Å². The van der Waals surface area contributed by atoms with E-state index in [1.54, 1.807) is 7.11 Å². The zero-order chi connectivity index (χ0) is 9.14. The summed E-state index contributed by atoms with van der Waals surface area (Å²) in [6.07, 6.45) is 0. The van der Waals surface area contributed by atoms with Gasteiger partial charge in [0.25, 0.3) is 0 Å². The molecule has 1 rings (SSSR count). The first-order chi connectivity index (χ1) is 5.69. The number of aryl methyl sites for hydroxylation is 1. The van der Waals surface area contributed by atoms with Crippen LogP contribution in [-0.2, 0) is 5.88 Å². The summed E-state index contributed by atoms with van der Waals surface area (Å²) in [5.41, 5.74) is 1.91. The van der Waals surface area contributed by atoms with Gasteiger partial charge in [0.1, 0.15) is 0 Å². The minimum absolute atomic E-state index is 0.407. The quantitative estimate of drug-likeness (QED) is 0.753. The molecule has 1 aromatic heterocycles. The molecule has 12 heavy (non-hydrogen) atoms. The number of hydrogen-bond acceptors (Lipinski definition) is 2. The van der Waals surface area contributed by atoms with Crippen LogP contribution in [0.4, 0.5) is 0 Å². The lowest BCUT2D eigenvalue weighted by atomic mass is 10.2. The summed E-state index contributed by atoms with van der Waals surface area (Å²) in [7, 11) is 1.59. The van der Waals surface area contributed by atoms with Crippen molar-refractivity contribution < 1.29 is 4.74 Å². The van der Waals surface area contributed by atoms with E-state index < -0.39 is 0 Å². The molecule has 0 atom stereocenters. The fraction of sp³-hybridized carbons (Fsp3) is 0.375. The van der Waals surface area contributed by atoms with Gasteiger partial charge >= 0.3 is 0 Å². The van der Waals surface area contributed by atoms with Crippen LogP contribution < -0.4 is 4.74 Å². The Labute approximate surface area is 85.0 Å². The van der Waals surface area contributed by atoms with Gasteiger partial charge in [0.2, 0.25) is 5.88 Å². The highest BCUT2D eigenvalue weighted by Gasteiger charge is 2.06. The lowest BCUT2D eigenvalue weighted by molar-refractivity contribution is 0.393. The van der Waals surface area contributed by atoms with E-state index in [4.69, 9.17) is 16.3 Å². The van der Waals surface area contributed by atoms with Crippen molar-refractivity contribution in [3.63, 3.8) is 0 Å². The Morgan fingerprint density at radius 3 is 2.83 bits per heavy atom. The van der Waals surface area contributed by atoms with Crippen LogP contribution >= 0.6 is 27.5 Å². The summed E-state index contributed by atoms with van der Waals surface area (Å²) in [4.78, 5) is 4.17. The standard InChI is InChI=1S/C8H9BrClNO/c1-5-3-6(4-10)11-8(12-2)7(5)9/h3H,4H2,1-2H3. The van der Waals surface area contributed by atoms with Crippen LogP contribution in [-0.4, -0.2) is 12.1 Å². The number of halogens is 2. The molecule has 0 radical (unpaired) electrons. The fourth-order valence-corrected chi connectivity index (χ4v) is 1.40. The monoisotopic (exact) mass is 249 g/mol. The molecule has 66 valence electrons. The van der Waals surface area contributed by atoms with Crippen molar-refractivity contribution in [1.29, 1.82) is 0 Å². The van der Waals surface area contributed by atoms with Crippen LogP contribution in [0.5, 0.6) is 5.88 Å². The van der Waals surface area contributed by atoms with Crippen molar-refractivity contribution >= 4 is 27.5 Å². The smallest absolute Gasteiger partial charge is 0.228 e. The van der Waals surface area contributed by atoms with Crippen LogP contribution in [0, 0.1) is 6.92 Å². The van der Waals surface area contributed by atoms with Gasteiger partial charge in [-0.2, -0.15) is 0 Å². The molecule has 0 saturated carbocycles. The molecule has 0 amide bonds. The molecular weight excluding hydrogens is 241 g/mol. The lowest BCUT2D eigenvalue weighted by Crippen LogP contribution is -1.95. The third-order valence-electron chi connectivity index (χ3n) is 1.49. The van der Waals surface area contributed by atoms with Gasteiger partial charge in [-0.05, 0) is 34.5 Å². The third kappa shape index (κ3) is 1.90. The van der Waals surface area contributed by atoms with Crippen LogP contribution in [0.2, 0.25) is 0 Å². The molecule has 0 unspecified atom stereocenters. The van der Waals surface area contributed by atoms with Gasteiger partial charge in [-0.3, -0.25) is 0 Å². The number of methoxy groups -OCH3 is 1.